The second-order valence-electron chi connectivity index (χ2n) is 6.25. The molecule has 0 saturated heterocycles. The number of carbonyl (C=O) groups excluding carboxylic acids is 1. The summed E-state index contributed by atoms with van der Waals surface area (Å²) in [6.45, 7) is 4.11. The fourth-order valence-corrected chi connectivity index (χ4v) is 3.20. The van der Waals surface area contributed by atoms with Crippen LogP contribution in [0.25, 0.3) is 0 Å². The van der Waals surface area contributed by atoms with Gasteiger partial charge in [-0.05, 0) is 37.8 Å². The molecule has 1 fully saturated rings. The molecule has 0 radical (unpaired) electrons. The predicted molar refractivity (Wildman–Crippen MR) is 82.4 cm³/mol. The third-order valence-electron chi connectivity index (χ3n) is 4.39. The number of rotatable bonds is 4. The lowest BCUT2D eigenvalue weighted by molar-refractivity contribution is -0.123. The van der Waals surface area contributed by atoms with Gasteiger partial charge in [0.25, 0.3) is 0 Å². The number of nitrogens with two attached hydrogens (primary N) is 1. The van der Waals surface area contributed by atoms with E-state index in [1.54, 1.807) is 0 Å². The molecule has 20 heavy (non-hydrogen) atoms. The summed E-state index contributed by atoms with van der Waals surface area (Å²) >= 11 is 0. The Kier molecular flexibility index (Phi) is 4.81. The van der Waals surface area contributed by atoms with Gasteiger partial charge >= 0.3 is 0 Å². The van der Waals surface area contributed by atoms with Crippen molar-refractivity contribution < 1.29 is 4.79 Å². The standard InChI is InChI=1S/C17H26N2O/c1-13-8-4-5-9-15(13)14(2)19-16(20)12-17(18)10-6-3-7-11-17/h4-5,8-9,14H,3,6-7,10-12,18H2,1-2H3,(H,19,20)/t14-/m1/s1. The number of hydrogen-bond acceptors (Lipinski definition) is 2. The van der Waals surface area contributed by atoms with E-state index in [2.05, 4.69) is 24.4 Å². The molecule has 2 rings (SSSR count). The molecule has 0 aliphatic heterocycles. The molecule has 0 heterocycles. The lowest BCUT2D eigenvalue weighted by Gasteiger charge is -2.33. The first-order chi connectivity index (χ1) is 9.50. The average molecular weight is 274 g/mol. The van der Waals surface area contributed by atoms with Crippen molar-refractivity contribution in [1.29, 1.82) is 0 Å². The fourth-order valence-electron chi connectivity index (χ4n) is 3.20. The highest BCUT2D eigenvalue weighted by molar-refractivity contribution is 5.77. The van der Waals surface area contributed by atoms with Crippen molar-refractivity contribution >= 4 is 5.91 Å². The minimum Gasteiger partial charge on any atom is -0.350 e. The minimum atomic E-state index is -0.284. The summed E-state index contributed by atoms with van der Waals surface area (Å²) in [4.78, 5) is 12.2. The van der Waals surface area contributed by atoms with E-state index in [1.165, 1.54) is 17.5 Å². The number of benzene rings is 1. The molecule has 0 aromatic heterocycles. The maximum atomic E-state index is 12.2. The highest BCUT2D eigenvalue weighted by Gasteiger charge is 2.30. The van der Waals surface area contributed by atoms with Crippen molar-refractivity contribution in [3.8, 4) is 0 Å². The molecule has 3 N–H and O–H groups in total. The molecule has 3 nitrogen and oxygen atoms in total. The van der Waals surface area contributed by atoms with Crippen LogP contribution in [0.1, 0.15) is 62.6 Å². The number of aryl methyl sites for hydroxylation is 1. The zero-order valence-electron chi connectivity index (χ0n) is 12.6. The molecular weight excluding hydrogens is 248 g/mol. The smallest absolute Gasteiger partial charge is 0.222 e. The van der Waals surface area contributed by atoms with Gasteiger partial charge in [0.05, 0.1) is 6.04 Å². The maximum Gasteiger partial charge on any atom is 0.222 e. The molecule has 0 spiro atoms. The van der Waals surface area contributed by atoms with Crippen LogP contribution in [0.4, 0.5) is 0 Å². The maximum absolute atomic E-state index is 12.2. The van der Waals surface area contributed by atoms with Gasteiger partial charge in [-0.2, -0.15) is 0 Å². The highest BCUT2D eigenvalue weighted by Crippen LogP contribution is 2.29. The van der Waals surface area contributed by atoms with Crippen LogP contribution in [-0.4, -0.2) is 11.4 Å². The van der Waals surface area contributed by atoms with Crippen molar-refractivity contribution in [3.63, 3.8) is 0 Å². The molecule has 1 amide bonds. The van der Waals surface area contributed by atoms with Crippen LogP contribution in [0.3, 0.4) is 0 Å². The molecular formula is C17H26N2O. The van der Waals surface area contributed by atoms with Gasteiger partial charge in [-0.1, -0.05) is 43.5 Å². The average Bonchev–Trinajstić information content (AvgIpc) is 2.39. The van der Waals surface area contributed by atoms with E-state index < -0.39 is 0 Å². The first-order valence-corrected chi connectivity index (χ1v) is 7.64. The summed E-state index contributed by atoms with van der Waals surface area (Å²) in [7, 11) is 0. The van der Waals surface area contributed by atoms with Crippen LogP contribution in [0.15, 0.2) is 24.3 Å². The van der Waals surface area contributed by atoms with E-state index in [-0.39, 0.29) is 17.5 Å². The highest BCUT2D eigenvalue weighted by atomic mass is 16.1. The van der Waals surface area contributed by atoms with Gasteiger partial charge in [0.2, 0.25) is 5.91 Å². The van der Waals surface area contributed by atoms with E-state index in [9.17, 15) is 4.79 Å². The van der Waals surface area contributed by atoms with Crippen LogP contribution >= 0.6 is 0 Å². The van der Waals surface area contributed by atoms with Gasteiger partial charge in [0.1, 0.15) is 0 Å². The molecule has 3 heteroatoms. The van der Waals surface area contributed by atoms with Crippen LogP contribution in [0.2, 0.25) is 0 Å². The molecule has 1 aliphatic rings. The van der Waals surface area contributed by atoms with E-state index in [4.69, 9.17) is 5.73 Å². The molecule has 0 bridgehead atoms. The van der Waals surface area contributed by atoms with E-state index in [0.717, 1.165) is 25.7 Å². The summed E-state index contributed by atoms with van der Waals surface area (Å²) in [6, 6.07) is 8.21. The van der Waals surface area contributed by atoms with Crippen molar-refractivity contribution in [2.45, 2.75) is 64.0 Å². The van der Waals surface area contributed by atoms with Gasteiger partial charge in [-0.15, -0.1) is 0 Å². The molecule has 1 atom stereocenters. The topological polar surface area (TPSA) is 55.1 Å². The van der Waals surface area contributed by atoms with Crippen LogP contribution in [0, 0.1) is 6.92 Å². The van der Waals surface area contributed by atoms with Crippen molar-refractivity contribution in [3.05, 3.63) is 35.4 Å². The number of nitrogens with one attached hydrogen (secondary N) is 1. The zero-order chi connectivity index (χ0) is 14.6. The quantitative estimate of drug-likeness (QED) is 0.885. The largest absolute Gasteiger partial charge is 0.350 e. The summed E-state index contributed by atoms with van der Waals surface area (Å²) in [5, 5.41) is 3.09. The van der Waals surface area contributed by atoms with Gasteiger partial charge in [0, 0.05) is 12.0 Å². The minimum absolute atomic E-state index is 0.0379. The van der Waals surface area contributed by atoms with E-state index >= 15 is 0 Å². The Balaban J connectivity index is 1.92. The third kappa shape index (κ3) is 3.83. The first-order valence-electron chi connectivity index (χ1n) is 7.64. The van der Waals surface area contributed by atoms with Crippen LogP contribution in [-0.2, 0) is 4.79 Å². The number of carbonyl (C=O) groups is 1. The Morgan fingerprint density at radius 3 is 2.60 bits per heavy atom. The molecule has 1 aliphatic carbocycles. The van der Waals surface area contributed by atoms with Crippen molar-refractivity contribution in [2.24, 2.45) is 5.73 Å². The third-order valence-corrected chi connectivity index (χ3v) is 4.39. The SMILES string of the molecule is Cc1ccccc1[C@@H](C)NC(=O)CC1(N)CCCCC1. The fraction of sp³-hybridized carbons (Fsp3) is 0.588. The molecule has 1 aromatic carbocycles. The molecule has 1 aromatic rings. The lowest BCUT2D eigenvalue weighted by Crippen LogP contribution is -2.46. The second kappa shape index (κ2) is 6.40. The summed E-state index contributed by atoms with van der Waals surface area (Å²) < 4.78 is 0. The van der Waals surface area contributed by atoms with Gasteiger partial charge in [-0.3, -0.25) is 4.79 Å². The summed E-state index contributed by atoms with van der Waals surface area (Å²) in [6.07, 6.45) is 5.94. The monoisotopic (exact) mass is 274 g/mol. The Bertz CT molecular complexity index is 464. The first kappa shape index (κ1) is 15.0. The van der Waals surface area contributed by atoms with E-state index in [1.807, 2.05) is 19.1 Å². The second-order valence-corrected chi connectivity index (χ2v) is 6.25. The Labute approximate surface area is 121 Å². The van der Waals surface area contributed by atoms with E-state index in [0.29, 0.717) is 6.42 Å². The Morgan fingerprint density at radius 2 is 1.95 bits per heavy atom. The van der Waals surface area contributed by atoms with Gasteiger partial charge < -0.3 is 11.1 Å². The molecule has 110 valence electrons. The number of amides is 1. The Morgan fingerprint density at radius 1 is 1.30 bits per heavy atom. The predicted octanol–water partition coefficient (Wildman–Crippen LogP) is 3.22. The zero-order valence-corrected chi connectivity index (χ0v) is 12.6. The summed E-state index contributed by atoms with van der Waals surface area (Å²) in [5.41, 5.74) is 8.44. The van der Waals surface area contributed by atoms with Crippen LogP contribution in [0.5, 0.6) is 0 Å². The molecule has 0 unspecified atom stereocenters. The van der Waals surface area contributed by atoms with Gasteiger partial charge in [0.15, 0.2) is 0 Å². The molecule has 1 saturated carbocycles. The van der Waals surface area contributed by atoms with Crippen molar-refractivity contribution in [2.75, 3.05) is 0 Å². The Hall–Kier alpha value is -1.35. The van der Waals surface area contributed by atoms with Gasteiger partial charge in [-0.25, -0.2) is 0 Å². The lowest BCUT2D eigenvalue weighted by atomic mass is 9.80. The normalized spacial score (nSPS) is 19.4. The number of hydrogen-bond donors (Lipinski definition) is 2. The van der Waals surface area contributed by atoms with Crippen molar-refractivity contribution in [1.82, 2.24) is 5.32 Å². The summed E-state index contributed by atoms with van der Waals surface area (Å²) in [5.74, 6) is 0.0742. The van der Waals surface area contributed by atoms with Crippen LogP contribution < -0.4 is 11.1 Å².